The van der Waals surface area contributed by atoms with E-state index in [4.69, 9.17) is 18.9 Å². The Labute approximate surface area is 144 Å². The van der Waals surface area contributed by atoms with Gasteiger partial charge >= 0.3 is 0 Å². The summed E-state index contributed by atoms with van der Waals surface area (Å²) in [5.74, 6) is 0. The minimum absolute atomic E-state index is 0.0778. The van der Waals surface area contributed by atoms with Crippen molar-refractivity contribution >= 4 is 22.6 Å². The molecule has 0 aliphatic carbocycles. The fraction of sp³-hybridized carbons (Fsp3) is 1.00. The van der Waals surface area contributed by atoms with Crippen LogP contribution in [0.15, 0.2) is 0 Å². The largest absolute Gasteiger partial charge is 0.394 e. The molecule has 3 fully saturated rings. The van der Waals surface area contributed by atoms with Crippen LogP contribution in [-0.4, -0.2) is 103 Å². The molecule has 0 amide bonds. The molecule has 3 aliphatic heterocycles. The molecule has 4 unspecified atom stereocenters. The lowest BCUT2D eigenvalue weighted by atomic mass is 9.98. The van der Waals surface area contributed by atoms with Gasteiger partial charge in [0.05, 0.1) is 13.2 Å². The number of aliphatic hydroxyl groups excluding tert-OH is 5. The standard InChI is InChI=1S/C12H19IO10/c13-12(19)4(1-14)22-11(6(16)9(12)17)23-7-3-2-20-8(7)5(15)10(18)21-3/h3-11,14-19H,1-2H2/t3?,4?,5-,6+,7-,8?,9-,10-,11?,12+/m1/s1. The molecule has 3 heterocycles. The quantitative estimate of drug-likeness (QED) is 0.188. The molecule has 2 bridgehead atoms. The van der Waals surface area contributed by atoms with Crippen LogP contribution in [0.3, 0.4) is 0 Å². The number of hydrogen-bond acceptors (Lipinski definition) is 10. The molecule has 3 saturated heterocycles. The fourth-order valence-corrected chi connectivity index (χ4v) is 3.67. The molecule has 10 nitrogen and oxygen atoms in total. The van der Waals surface area contributed by atoms with E-state index in [0.29, 0.717) is 0 Å². The number of ether oxygens (including phenoxy) is 4. The summed E-state index contributed by atoms with van der Waals surface area (Å²) in [7, 11) is 0. The fourth-order valence-electron chi connectivity index (χ4n) is 2.96. The van der Waals surface area contributed by atoms with Crippen molar-refractivity contribution in [1.82, 2.24) is 0 Å². The summed E-state index contributed by atoms with van der Waals surface area (Å²) in [6, 6.07) is 0. The van der Waals surface area contributed by atoms with Crippen molar-refractivity contribution in [3.05, 3.63) is 0 Å². The zero-order chi connectivity index (χ0) is 16.9. The molecule has 0 spiro atoms. The Morgan fingerprint density at radius 2 is 1.83 bits per heavy atom. The van der Waals surface area contributed by atoms with Crippen molar-refractivity contribution in [2.45, 2.75) is 58.9 Å². The van der Waals surface area contributed by atoms with Crippen molar-refractivity contribution in [3.63, 3.8) is 0 Å². The van der Waals surface area contributed by atoms with Crippen LogP contribution in [0.1, 0.15) is 0 Å². The Kier molecular flexibility index (Phi) is 5.18. The smallest absolute Gasteiger partial charge is 0.187 e. The average Bonchev–Trinajstić information content (AvgIpc) is 2.82. The van der Waals surface area contributed by atoms with Gasteiger partial charge in [0.2, 0.25) is 0 Å². The van der Waals surface area contributed by atoms with Crippen molar-refractivity contribution < 1.29 is 49.6 Å². The van der Waals surface area contributed by atoms with Crippen LogP contribution in [0.5, 0.6) is 0 Å². The van der Waals surface area contributed by atoms with Gasteiger partial charge < -0.3 is 49.6 Å². The molecule has 11 heteroatoms. The van der Waals surface area contributed by atoms with E-state index in [0.717, 1.165) is 0 Å². The SMILES string of the molecule is OCC1OC(O[C@@H]2C3COC2[C@@H](O)[C@H](O)O3)[C@@H](O)[C@@H](O)[C@]1(O)I. The summed E-state index contributed by atoms with van der Waals surface area (Å²) in [4.78, 5) is 0. The highest BCUT2D eigenvalue weighted by Gasteiger charge is 2.57. The van der Waals surface area contributed by atoms with Gasteiger partial charge in [-0.25, -0.2) is 0 Å². The molecule has 0 aromatic carbocycles. The first kappa shape index (κ1) is 18.1. The molecule has 0 radical (unpaired) electrons. The van der Waals surface area contributed by atoms with E-state index >= 15 is 0 Å². The van der Waals surface area contributed by atoms with Crippen LogP contribution >= 0.6 is 22.6 Å². The highest BCUT2D eigenvalue weighted by atomic mass is 127. The van der Waals surface area contributed by atoms with Crippen LogP contribution < -0.4 is 0 Å². The van der Waals surface area contributed by atoms with E-state index in [1.165, 1.54) is 22.6 Å². The summed E-state index contributed by atoms with van der Waals surface area (Å²) >= 11 is 1.48. The van der Waals surface area contributed by atoms with Crippen LogP contribution in [0.4, 0.5) is 0 Å². The minimum atomic E-state index is -1.89. The summed E-state index contributed by atoms with van der Waals surface area (Å²) in [5.41, 5.74) is 0. The van der Waals surface area contributed by atoms with Gasteiger partial charge in [-0.2, -0.15) is 0 Å². The maximum atomic E-state index is 10.1. The molecule has 0 aromatic rings. The summed E-state index contributed by atoms with van der Waals surface area (Å²) in [6.45, 7) is -0.524. The molecule has 6 N–H and O–H groups in total. The van der Waals surface area contributed by atoms with Crippen molar-refractivity contribution in [2.75, 3.05) is 13.2 Å². The van der Waals surface area contributed by atoms with Gasteiger partial charge in [-0.05, 0) is 22.6 Å². The monoisotopic (exact) mass is 450 g/mol. The highest BCUT2D eigenvalue weighted by molar-refractivity contribution is 14.1. The minimum Gasteiger partial charge on any atom is -0.394 e. The lowest BCUT2D eigenvalue weighted by Crippen LogP contribution is -2.66. The first-order valence-corrected chi connectivity index (χ1v) is 8.17. The number of aliphatic hydroxyl groups is 6. The van der Waals surface area contributed by atoms with E-state index in [1.807, 2.05) is 0 Å². The zero-order valence-corrected chi connectivity index (χ0v) is 14.0. The van der Waals surface area contributed by atoms with Crippen molar-refractivity contribution in [1.29, 1.82) is 0 Å². The molecule has 134 valence electrons. The number of rotatable bonds is 3. The Balaban J connectivity index is 1.73. The molecule has 10 atom stereocenters. The summed E-state index contributed by atoms with van der Waals surface area (Å²) < 4.78 is 19.5. The normalized spacial score (nSPS) is 56.7. The summed E-state index contributed by atoms with van der Waals surface area (Å²) in [6.07, 6.45) is -10.9. The molecule has 3 rings (SSSR count). The predicted octanol–water partition coefficient (Wildman–Crippen LogP) is -3.59. The van der Waals surface area contributed by atoms with Gasteiger partial charge in [0, 0.05) is 0 Å². The Morgan fingerprint density at radius 1 is 1.13 bits per heavy atom. The second-order valence-corrected chi connectivity index (χ2v) is 7.52. The topological polar surface area (TPSA) is 158 Å². The molecule has 23 heavy (non-hydrogen) atoms. The molecular weight excluding hydrogens is 431 g/mol. The number of alkyl halides is 1. The Hall–Kier alpha value is 0.330. The van der Waals surface area contributed by atoms with Gasteiger partial charge in [0.15, 0.2) is 16.2 Å². The van der Waals surface area contributed by atoms with Crippen molar-refractivity contribution in [3.8, 4) is 0 Å². The summed E-state index contributed by atoms with van der Waals surface area (Å²) in [5, 5.41) is 58.9. The second kappa shape index (κ2) is 6.57. The molecule has 0 aromatic heterocycles. The van der Waals surface area contributed by atoms with Crippen LogP contribution in [0, 0.1) is 0 Å². The Morgan fingerprint density at radius 3 is 2.48 bits per heavy atom. The third-order valence-electron chi connectivity index (χ3n) is 4.31. The first-order chi connectivity index (χ1) is 10.8. The Bertz CT molecular complexity index is 432. The van der Waals surface area contributed by atoms with E-state index in [-0.39, 0.29) is 6.61 Å². The van der Waals surface area contributed by atoms with Gasteiger partial charge in [-0.3, -0.25) is 0 Å². The third-order valence-corrected chi connectivity index (χ3v) is 5.64. The molecule has 0 saturated carbocycles. The lowest BCUT2D eigenvalue weighted by molar-refractivity contribution is -0.339. The third kappa shape index (κ3) is 3.01. The van der Waals surface area contributed by atoms with E-state index in [1.54, 1.807) is 0 Å². The van der Waals surface area contributed by atoms with Crippen LogP contribution in [0.25, 0.3) is 0 Å². The van der Waals surface area contributed by atoms with E-state index < -0.39 is 65.5 Å². The van der Waals surface area contributed by atoms with Crippen molar-refractivity contribution in [2.24, 2.45) is 0 Å². The molecule has 3 aliphatic rings. The number of halogens is 1. The predicted molar refractivity (Wildman–Crippen MR) is 78.2 cm³/mol. The van der Waals surface area contributed by atoms with E-state index in [9.17, 15) is 30.6 Å². The van der Waals surface area contributed by atoms with Gasteiger partial charge in [0.25, 0.3) is 0 Å². The first-order valence-electron chi connectivity index (χ1n) is 7.09. The number of fused-ring (bicyclic) bond motifs is 2. The average molecular weight is 450 g/mol. The van der Waals surface area contributed by atoms with E-state index in [2.05, 4.69) is 0 Å². The number of hydrogen-bond donors (Lipinski definition) is 6. The second-order valence-electron chi connectivity index (χ2n) is 5.79. The maximum absolute atomic E-state index is 10.1. The van der Waals surface area contributed by atoms with Gasteiger partial charge in [0.1, 0.15) is 42.7 Å². The lowest BCUT2D eigenvalue weighted by Gasteiger charge is -2.46. The van der Waals surface area contributed by atoms with Gasteiger partial charge in [-0.1, -0.05) is 0 Å². The zero-order valence-electron chi connectivity index (χ0n) is 11.8. The van der Waals surface area contributed by atoms with Crippen LogP contribution in [0.2, 0.25) is 0 Å². The maximum Gasteiger partial charge on any atom is 0.187 e. The highest BCUT2D eigenvalue weighted by Crippen LogP contribution is 2.38. The molecular formula is C12H19IO10. The van der Waals surface area contributed by atoms with Gasteiger partial charge in [-0.15, -0.1) is 0 Å². The van der Waals surface area contributed by atoms with Crippen LogP contribution in [-0.2, 0) is 18.9 Å².